The summed E-state index contributed by atoms with van der Waals surface area (Å²) in [6.07, 6.45) is 0. The Morgan fingerprint density at radius 3 is 2.44 bits per heavy atom. The number of carbonyl (C=O) groups is 2. The number of nitrogens with one attached hydrogen (secondary N) is 1. The van der Waals surface area contributed by atoms with E-state index in [-0.39, 0.29) is 29.5 Å². The maximum absolute atomic E-state index is 12.6. The SMILES string of the molecule is NC(=O)c1ccccc1OCC#CCNC(=O)c1ccc(S(=O)(=O)N2CCOCC2)cc1. The molecule has 3 rings (SSSR count). The van der Waals surface area contributed by atoms with Crippen LogP contribution in [0.1, 0.15) is 20.7 Å². The minimum absolute atomic E-state index is 0.0221. The van der Waals surface area contributed by atoms with E-state index in [4.69, 9.17) is 15.2 Å². The van der Waals surface area contributed by atoms with Gasteiger partial charge in [0.05, 0.1) is 30.2 Å². The van der Waals surface area contributed by atoms with E-state index in [2.05, 4.69) is 17.2 Å². The van der Waals surface area contributed by atoms with E-state index in [0.717, 1.165) is 0 Å². The maximum atomic E-state index is 12.6. The molecule has 2 amide bonds. The molecule has 9 nitrogen and oxygen atoms in total. The molecule has 1 aliphatic heterocycles. The number of nitrogens with zero attached hydrogens (tertiary/aromatic N) is 1. The van der Waals surface area contributed by atoms with Gasteiger partial charge in [-0.25, -0.2) is 8.42 Å². The first-order valence-electron chi connectivity index (χ1n) is 9.83. The van der Waals surface area contributed by atoms with Crippen LogP contribution >= 0.6 is 0 Å². The second kappa shape index (κ2) is 10.8. The molecule has 168 valence electrons. The first-order chi connectivity index (χ1) is 15.4. The van der Waals surface area contributed by atoms with Gasteiger partial charge in [-0.05, 0) is 36.4 Å². The summed E-state index contributed by atoms with van der Waals surface area (Å²) in [5.41, 5.74) is 5.87. The normalized spacial score (nSPS) is 14.1. The number of carbonyl (C=O) groups excluding carboxylic acids is 2. The Kier molecular flexibility index (Phi) is 7.83. The number of hydrogen-bond acceptors (Lipinski definition) is 6. The van der Waals surface area contributed by atoms with Gasteiger partial charge in [-0.2, -0.15) is 4.31 Å². The quantitative estimate of drug-likeness (QED) is 0.587. The predicted octanol–water partition coefficient (Wildman–Crippen LogP) is 0.619. The highest BCUT2D eigenvalue weighted by Gasteiger charge is 2.26. The zero-order valence-electron chi connectivity index (χ0n) is 17.2. The Morgan fingerprint density at radius 1 is 1.06 bits per heavy atom. The molecular weight excluding hydrogens is 434 g/mol. The number of rotatable bonds is 7. The van der Waals surface area contributed by atoms with E-state index in [0.29, 0.717) is 37.6 Å². The van der Waals surface area contributed by atoms with Gasteiger partial charge in [0, 0.05) is 18.7 Å². The van der Waals surface area contributed by atoms with Crippen LogP contribution in [0, 0.1) is 11.8 Å². The van der Waals surface area contributed by atoms with Crippen molar-refractivity contribution in [1.29, 1.82) is 0 Å². The van der Waals surface area contributed by atoms with Crippen LogP contribution in [0.2, 0.25) is 0 Å². The van der Waals surface area contributed by atoms with Crippen molar-refractivity contribution < 1.29 is 27.5 Å². The molecule has 1 aliphatic rings. The Labute approximate surface area is 186 Å². The third kappa shape index (κ3) is 5.85. The van der Waals surface area contributed by atoms with Crippen LogP contribution in [-0.4, -0.2) is 64.0 Å². The van der Waals surface area contributed by atoms with E-state index in [1.54, 1.807) is 24.3 Å². The average Bonchev–Trinajstić information content (AvgIpc) is 2.82. The van der Waals surface area contributed by atoms with Crippen LogP contribution in [0.4, 0.5) is 0 Å². The molecule has 10 heteroatoms. The van der Waals surface area contributed by atoms with Crippen LogP contribution in [0.5, 0.6) is 5.75 Å². The van der Waals surface area contributed by atoms with Gasteiger partial charge in [0.15, 0.2) is 0 Å². The monoisotopic (exact) mass is 457 g/mol. The van der Waals surface area contributed by atoms with Gasteiger partial charge in [-0.3, -0.25) is 9.59 Å². The number of primary amides is 1. The Hall–Kier alpha value is -3.39. The fourth-order valence-electron chi connectivity index (χ4n) is 2.96. The summed E-state index contributed by atoms with van der Waals surface area (Å²) in [4.78, 5) is 23.7. The minimum atomic E-state index is -3.61. The second-order valence-corrected chi connectivity index (χ2v) is 8.66. The van der Waals surface area contributed by atoms with Crippen LogP contribution in [0.25, 0.3) is 0 Å². The van der Waals surface area contributed by atoms with Gasteiger partial charge in [0.1, 0.15) is 12.4 Å². The van der Waals surface area contributed by atoms with Gasteiger partial charge in [0.2, 0.25) is 10.0 Å². The zero-order valence-corrected chi connectivity index (χ0v) is 18.1. The molecule has 0 saturated carbocycles. The third-order valence-electron chi connectivity index (χ3n) is 4.64. The largest absolute Gasteiger partial charge is 0.480 e. The highest BCUT2D eigenvalue weighted by molar-refractivity contribution is 7.89. The highest BCUT2D eigenvalue weighted by Crippen LogP contribution is 2.18. The van der Waals surface area contributed by atoms with Crippen molar-refractivity contribution in [2.75, 3.05) is 39.5 Å². The summed E-state index contributed by atoms with van der Waals surface area (Å²) in [6, 6.07) is 12.3. The smallest absolute Gasteiger partial charge is 0.252 e. The molecule has 2 aromatic rings. The third-order valence-corrected chi connectivity index (χ3v) is 6.55. The lowest BCUT2D eigenvalue weighted by Crippen LogP contribution is -2.40. The van der Waals surface area contributed by atoms with E-state index in [9.17, 15) is 18.0 Å². The molecule has 0 radical (unpaired) electrons. The molecule has 0 unspecified atom stereocenters. The van der Waals surface area contributed by atoms with E-state index in [1.807, 2.05) is 0 Å². The first-order valence-corrected chi connectivity index (χ1v) is 11.3. The molecule has 3 N–H and O–H groups in total. The summed E-state index contributed by atoms with van der Waals surface area (Å²) in [6.45, 7) is 1.44. The van der Waals surface area contributed by atoms with Crippen molar-refractivity contribution in [3.63, 3.8) is 0 Å². The van der Waals surface area contributed by atoms with Crippen molar-refractivity contribution in [2.24, 2.45) is 5.73 Å². The van der Waals surface area contributed by atoms with E-state index in [1.165, 1.54) is 28.6 Å². The minimum Gasteiger partial charge on any atom is -0.480 e. The van der Waals surface area contributed by atoms with Crippen LogP contribution in [0.15, 0.2) is 53.4 Å². The Bertz CT molecular complexity index is 1130. The van der Waals surface area contributed by atoms with Crippen molar-refractivity contribution in [2.45, 2.75) is 4.90 Å². The molecule has 1 saturated heterocycles. The molecule has 0 aromatic heterocycles. The summed E-state index contributed by atoms with van der Waals surface area (Å²) in [5, 5.41) is 2.63. The number of benzene rings is 2. The summed E-state index contributed by atoms with van der Waals surface area (Å²) < 4.78 is 37.2. The second-order valence-electron chi connectivity index (χ2n) is 6.73. The Morgan fingerprint density at radius 2 is 1.75 bits per heavy atom. The fourth-order valence-corrected chi connectivity index (χ4v) is 4.37. The predicted molar refractivity (Wildman–Crippen MR) is 117 cm³/mol. The number of morpholine rings is 1. The molecule has 1 heterocycles. The van der Waals surface area contributed by atoms with Gasteiger partial charge >= 0.3 is 0 Å². The van der Waals surface area contributed by atoms with Crippen molar-refractivity contribution in [3.8, 4) is 17.6 Å². The summed E-state index contributed by atoms with van der Waals surface area (Å²) >= 11 is 0. The Balaban J connectivity index is 1.49. The van der Waals surface area contributed by atoms with Crippen molar-refractivity contribution >= 4 is 21.8 Å². The topological polar surface area (TPSA) is 128 Å². The lowest BCUT2D eigenvalue weighted by Gasteiger charge is -2.26. The summed E-state index contributed by atoms with van der Waals surface area (Å²) in [5.74, 6) is 4.85. The van der Waals surface area contributed by atoms with Gasteiger partial charge in [0.25, 0.3) is 11.8 Å². The van der Waals surface area contributed by atoms with E-state index >= 15 is 0 Å². The van der Waals surface area contributed by atoms with Crippen molar-refractivity contribution in [3.05, 3.63) is 59.7 Å². The highest BCUT2D eigenvalue weighted by atomic mass is 32.2. The van der Waals surface area contributed by atoms with Crippen LogP contribution < -0.4 is 15.8 Å². The molecule has 0 aliphatic carbocycles. The standard InChI is InChI=1S/C22H23N3O6S/c23-21(26)19-5-1-2-6-20(19)31-14-4-3-11-24-22(27)17-7-9-18(10-8-17)32(28,29)25-12-15-30-16-13-25/h1-2,5-10H,11-16H2,(H2,23,26)(H,24,27). The number of para-hydroxylation sites is 1. The fraction of sp³-hybridized carbons (Fsp3) is 0.273. The van der Waals surface area contributed by atoms with Crippen LogP contribution in [0.3, 0.4) is 0 Å². The van der Waals surface area contributed by atoms with Crippen LogP contribution in [-0.2, 0) is 14.8 Å². The number of sulfonamides is 1. The zero-order chi connectivity index (χ0) is 23.0. The molecule has 0 atom stereocenters. The van der Waals surface area contributed by atoms with Gasteiger partial charge in [-0.15, -0.1) is 0 Å². The lowest BCUT2D eigenvalue weighted by molar-refractivity contribution is 0.0730. The summed E-state index contributed by atoms with van der Waals surface area (Å²) in [7, 11) is -3.61. The van der Waals surface area contributed by atoms with E-state index < -0.39 is 15.9 Å². The first kappa shape index (κ1) is 23.3. The molecule has 1 fully saturated rings. The van der Waals surface area contributed by atoms with Crippen molar-refractivity contribution in [1.82, 2.24) is 9.62 Å². The number of hydrogen-bond donors (Lipinski definition) is 2. The molecule has 0 bridgehead atoms. The molecule has 0 spiro atoms. The van der Waals surface area contributed by atoms with Gasteiger partial charge < -0.3 is 20.5 Å². The number of amides is 2. The maximum Gasteiger partial charge on any atom is 0.252 e. The average molecular weight is 458 g/mol. The molecular formula is C22H23N3O6S. The lowest BCUT2D eigenvalue weighted by atomic mass is 10.2. The number of nitrogens with two attached hydrogens (primary N) is 1. The molecule has 2 aromatic carbocycles. The molecule has 32 heavy (non-hydrogen) atoms. The number of ether oxygens (including phenoxy) is 2. The van der Waals surface area contributed by atoms with Gasteiger partial charge in [-0.1, -0.05) is 24.0 Å².